The van der Waals surface area contributed by atoms with Gasteiger partial charge in [-0.15, -0.1) is 23.5 Å². The smallest absolute Gasteiger partial charge is 0.410 e. The van der Waals surface area contributed by atoms with Gasteiger partial charge in [0, 0.05) is 24.8 Å². The Balaban J connectivity index is 0.000000227. The normalized spacial score (nSPS) is 15.1. The molecule has 1 aliphatic heterocycles. The molecule has 1 aliphatic rings. The topological polar surface area (TPSA) is 176 Å². The van der Waals surface area contributed by atoms with Crippen molar-refractivity contribution in [1.82, 2.24) is 34.1 Å². The van der Waals surface area contributed by atoms with Crippen molar-refractivity contribution in [3.63, 3.8) is 0 Å². The van der Waals surface area contributed by atoms with E-state index in [0.29, 0.717) is 24.5 Å². The van der Waals surface area contributed by atoms with E-state index in [9.17, 15) is 25.0 Å². The molecule has 5 rings (SSSR count). The third-order valence-electron chi connectivity index (χ3n) is 6.11. The molecule has 0 bridgehead atoms. The molecule has 0 saturated carbocycles. The summed E-state index contributed by atoms with van der Waals surface area (Å²) in [6.07, 6.45) is 7.31. The van der Waals surface area contributed by atoms with Crippen LogP contribution in [0.25, 0.3) is 11.3 Å². The zero-order valence-corrected chi connectivity index (χ0v) is 25.8. The zero-order chi connectivity index (χ0) is 30.8. The molecular formula is C24H28ClN9O6S2. The lowest BCUT2D eigenvalue weighted by Crippen LogP contribution is -2.35. The van der Waals surface area contributed by atoms with Crippen LogP contribution in [0, 0.1) is 26.1 Å². The number of ether oxygens (including phenoxy) is 1. The number of fused-ring (bicyclic) bond motifs is 2. The number of rotatable bonds is 6. The number of likely N-dealkylation sites (tertiary alicyclic amines) is 1. The Bertz CT molecular complexity index is 1650. The maximum absolute atomic E-state index is 12.2. The first kappa shape index (κ1) is 31.2. The Morgan fingerprint density at radius 2 is 1.57 bits per heavy atom. The van der Waals surface area contributed by atoms with E-state index in [1.165, 1.54) is 44.9 Å². The Morgan fingerprint density at radius 3 is 2.10 bits per heavy atom. The van der Waals surface area contributed by atoms with Crippen LogP contribution in [-0.2, 0) is 11.2 Å². The van der Waals surface area contributed by atoms with Gasteiger partial charge in [-0.1, -0.05) is 11.6 Å². The number of amides is 1. The van der Waals surface area contributed by atoms with Crippen LogP contribution < -0.4 is 0 Å². The van der Waals surface area contributed by atoms with E-state index in [4.69, 9.17) is 16.3 Å². The summed E-state index contributed by atoms with van der Waals surface area (Å²) >= 11 is 8.60. The average Bonchev–Trinajstić information content (AvgIpc) is 3.65. The van der Waals surface area contributed by atoms with E-state index in [1.807, 2.05) is 39.3 Å². The number of hydrogen-bond donors (Lipinski definition) is 0. The molecule has 1 saturated heterocycles. The minimum absolute atomic E-state index is 0.103. The first-order chi connectivity index (χ1) is 19.8. The van der Waals surface area contributed by atoms with Crippen LogP contribution in [0.4, 0.5) is 16.2 Å². The summed E-state index contributed by atoms with van der Waals surface area (Å²) in [4.78, 5) is 43.1. The van der Waals surface area contributed by atoms with Crippen molar-refractivity contribution in [2.24, 2.45) is 5.92 Å². The van der Waals surface area contributed by atoms with Gasteiger partial charge in [0.1, 0.15) is 33.2 Å². The van der Waals surface area contributed by atoms with E-state index >= 15 is 0 Å². The van der Waals surface area contributed by atoms with Crippen molar-refractivity contribution in [1.29, 1.82) is 0 Å². The monoisotopic (exact) mass is 637 g/mol. The van der Waals surface area contributed by atoms with Crippen LogP contribution in [0.1, 0.15) is 32.9 Å². The number of halogens is 1. The molecule has 4 aromatic rings. The SMILES string of the molecule is CSc1cc(C[C@H]2CCN(C(=O)OC(C)(C)C)C2)nc2c([N+](=O)[O-])cnn12.CSc1cc(Cl)nc2c([N+](=O)[O-])cnn12. The summed E-state index contributed by atoms with van der Waals surface area (Å²) in [5.74, 6) is 0.240. The second-order valence-corrected chi connectivity index (χ2v) is 12.3. The fourth-order valence-corrected chi connectivity index (χ4v) is 5.65. The molecular weight excluding hydrogens is 610 g/mol. The minimum Gasteiger partial charge on any atom is -0.444 e. The van der Waals surface area contributed by atoms with Crippen LogP contribution in [-0.4, -0.2) is 81.2 Å². The lowest BCUT2D eigenvalue weighted by molar-refractivity contribution is -0.383. The largest absolute Gasteiger partial charge is 0.444 e. The standard InChI is InChI=1S/C17H23N5O4S.C7H5ClN4O2S/c1-17(2,3)26-16(23)20-6-5-11(10-20)7-12-8-14(27-4)21-15(19-12)13(9-18-21)22(24)25;1-15-6-2-5(8)10-7-4(12(13)14)3-9-11(6)7/h8-9,11H,5-7,10H2,1-4H3;2-3H,1H3/t11-;/m1./s1. The first-order valence-electron chi connectivity index (χ1n) is 12.6. The predicted octanol–water partition coefficient (Wildman–Crippen LogP) is 5.17. The fraction of sp³-hybridized carbons (Fsp3) is 0.458. The highest BCUT2D eigenvalue weighted by atomic mass is 35.5. The number of thioether (sulfide) groups is 2. The molecule has 0 unspecified atom stereocenters. The Morgan fingerprint density at radius 1 is 1.02 bits per heavy atom. The van der Waals surface area contributed by atoms with E-state index in [2.05, 4.69) is 20.2 Å². The molecule has 0 radical (unpaired) electrons. The maximum Gasteiger partial charge on any atom is 0.410 e. The molecule has 15 nitrogen and oxygen atoms in total. The zero-order valence-electron chi connectivity index (χ0n) is 23.4. The van der Waals surface area contributed by atoms with Crippen LogP contribution in [0.5, 0.6) is 0 Å². The predicted molar refractivity (Wildman–Crippen MR) is 157 cm³/mol. The summed E-state index contributed by atoms with van der Waals surface area (Å²) in [7, 11) is 0. The van der Waals surface area contributed by atoms with Crippen molar-refractivity contribution in [2.75, 3.05) is 25.6 Å². The number of carbonyl (C=O) groups excluding carboxylic acids is 1. The molecule has 0 spiro atoms. The Kier molecular flexibility index (Phi) is 9.42. The summed E-state index contributed by atoms with van der Waals surface area (Å²) < 4.78 is 8.32. The van der Waals surface area contributed by atoms with E-state index in [1.54, 1.807) is 11.0 Å². The third kappa shape index (κ3) is 7.01. The van der Waals surface area contributed by atoms with Crippen molar-refractivity contribution in [3.05, 3.63) is 55.6 Å². The maximum atomic E-state index is 12.2. The average molecular weight is 638 g/mol. The van der Waals surface area contributed by atoms with Crippen molar-refractivity contribution >= 4 is 63.9 Å². The van der Waals surface area contributed by atoms with Crippen molar-refractivity contribution in [3.8, 4) is 0 Å². The van der Waals surface area contributed by atoms with E-state index < -0.39 is 15.4 Å². The summed E-state index contributed by atoms with van der Waals surface area (Å²) in [5, 5.41) is 31.5. The number of nitrogens with zero attached hydrogens (tertiary/aromatic N) is 9. The third-order valence-corrected chi connectivity index (χ3v) is 7.72. The molecule has 5 heterocycles. The summed E-state index contributed by atoms with van der Waals surface area (Å²) in [6.45, 7) is 6.78. The second-order valence-electron chi connectivity index (χ2n) is 10.2. The molecule has 0 N–H and O–H groups in total. The Hall–Kier alpha value is -3.70. The highest BCUT2D eigenvalue weighted by Crippen LogP contribution is 2.28. The van der Waals surface area contributed by atoms with E-state index in [0.717, 1.165) is 17.1 Å². The second kappa shape index (κ2) is 12.7. The van der Waals surface area contributed by atoms with Crippen LogP contribution in [0.15, 0.2) is 34.6 Å². The molecule has 1 atom stereocenters. The van der Waals surface area contributed by atoms with Crippen LogP contribution >= 0.6 is 35.1 Å². The van der Waals surface area contributed by atoms with Gasteiger partial charge in [-0.3, -0.25) is 20.2 Å². The van der Waals surface area contributed by atoms with Gasteiger partial charge >= 0.3 is 17.5 Å². The van der Waals surface area contributed by atoms with Gasteiger partial charge in [-0.05, 0) is 58.1 Å². The first-order valence-corrected chi connectivity index (χ1v) is 15.4. The van der Waals surface area contributed by atoms with Crippen molar-refractivity contribution in [2.45, 2.75) is 49.3 Å². The molecule has 0 aromatic carbocycles. The highest BCUT2D eigenvalue weighted by Gasteiger charge is 2.30. The quantitative estimate of drug-likeness (QED) is 0.117. The van der Waals surface area contributed by atoms with Gasteiger partial charge in [-0.2, -0.15) is 10.2 Å². The van der Waals surface area contributed by atoms with E-state index in [-0.39, 0.29) is 39.8 Å². The molecule has 1 amide bonds. The fourth-order valence-electron chi connectivity index (χ4n) is 4.31. The van der Waals surface area contributed by atoms with Gasteiger partial charge in [0.2, 0.25) is 11.3 Å². The molecule has 4 aromatic heterocycles. The van der Waals surface area contributed by atoms with Gasteiger partial charge in [0.15, 0.2) is 0 Å². The van der Waals surface area contributed by atoms with Gasteiger partial charge < -0.3 is 9.64 Å². The highest BCUT2D eigenvalue weighted by molar-refractivity contribution is 7.98. The van der Waals surface area contributed by atoms with Gasteiger partial charge in [0.05, 0.1) is 9.85 Å². The lowest BCUT2D eigenvalue weighted by Gasteiger charge is -2.24. The van der Waals surface area contributed by atoms with Gasteiger partial charge in [0.25, 0.3) is 0 Å². The number of carbonyl (C=O) groups is 1. The number of aromatic nitrogens is 6. The lowest BCUT2D eigenvalue weighted by atomic mass is 10.0. The summed E-state index contributed by atoms with van der Waals surface area (Å²) in [6, 6.07) is 3.51. The Labute approximate surface area is 253 Å². The van der Waals surface area contributed by atoms with Gasteiger partial charge in [-0.25, -0.2) is 23.8 Å². The number of hydrogen-bond acceptors (Lipinski definition) is 12. The molecule has 224 valence electrons. The molecule has 18 heteroatoms. The summed E-state index contributed by atoms with van der Waals surface area (Å²) in [5.41, 5.74) is 0.421. The molecule has 0 aliphatic carbocycles. The molecule has 1 fully saturated rings. The molecule has 42 heavy (non-hydrogen) atoms. The van der Waals surface area contributed by atoms with Crippen LogP contribution in [0.2, 0.25) is 5.15 Å². The van der Waals surface area contributed by atoms with Crippen molar-refractivity contribution < 1.29 is 19.4 Å². The van der Waals surface area contributed by atoms with Crippen LogP contribution in [0.3, 0.4) is 0 Å². The number of nitro groups is 2. The minimum atomic E-state index is -0.532.